The van der Waals surface area contributed by atoms with E-state index in [1.54, 1.807) is 25.6 Å². The first kappa shape index (κ1) is 38.4. The largest absolute Gasteiger partial charge is 0.379 e. The topological polar surface area (TPSA) is 120 Å². The molecule has 298 valence electrons. The monoisotopic (exact) mass is 763 g/mol. The van der Waals surface area contributed by atoms with Crippen LogP contribution in [0, 0.1) is 58.7 Å². The number of aryl methyl sites for hydroxylation is 2. The van der Waals surface area contributed by atoms with Crippen molar-refractivity contribution in [2.45, 2.75) is 137 Å². The van der Waals surface area contributed by atoms with Crippen molar-refractivity contribution in [1.29, 1.82) is 0 Å². The number of nitrogens with one attached hydrogen (secondary N) is 1. The highest BCUT2D eigenvalue weighted by Crippen LogP contribution is 2.75. The summed E-state index contributed by atoms with van der Waals surface area (Å²) in [4.78, 5) is 17.1. The zero-order valence-corrected chi connectivity index (χ0v) is 35.3. The predicted octanol–water partition coefficient (Wildman–Crippen LogP) is 7.38. The average Bonchev–Trinajstić information content (AvgIpc) is 3.70. The van der Waals surface area contributed by atoms with Gasteiger partial charge in [0, 0.05) is 31.2 Å². The van der Waals surface area contributed by atoms with E-state index in [0.29, 0.717) is 23.4 Å². The molecule has 1 aliphatic heterocycles. The van der Waals surface area contributed by atoms with Crippen molar-refractivity contribution in [1.82, 2.24) is 24.6 Å². The SMILES string of the molecule is Cc1noc(C)c1S(=O)(=O)n1cc2c(n1)C(C)(C)[C@@H]1CC[C@]3(C)[C@H](CC=C4[C@@H]5CC(C)(C)CC[C@]5(C(=O)NCCCN5CCOCC5)CC[C@]43C)[C@@]1(C)C2. The van der Waals surface area contributed by atoms with Gasteiger partial charge in [-0.2, -0.15) is 17.6 Å². The standard InChI is InChI=1S/C43H65N5O5S/c1-28-35(29(2)53-46-28)54(50,51)48-27-30-25-40(7)33(39(5,6)36(30)45-48)13-14-42(9)34(40)12-11-31-32-26-38(3,4)15-17-43(32,18-16-41(31,42)8)37(49)44-19-10-20-47-21-23-52-24-22-47/h11,27,32-34H,10,12-26H2,1-9H3,(H,44,49)/t32-,33-,34+,40-,41+,42+,43-/m0/s1. The summed E-state index contributed by atoms with van der Waals surface area (Å²) in [6, 6.07) is 0. The van der Waals surface area contributed by atoms with Gasteiger partial charge in [-0.25, -0.2) is 0 Å². The molecule has 3 heterocycles. The first-order chi connectivity index (χ1) is 25.3. The van der Waals surface area contributed by atoms with Crippen LogP contribution in [0.5, 0.6) is 0 Å². The minimum absolute atomic E-state index is 0.0105. The minimum atomic E-state index is -3.96. The van der Waals surface area contributed by atoms with Gasteiger partial charge in [0.1, 0.15) is 5.69 Å². The molecule has 6 aliphatic rings. The number of amides is 1. The van der Waals surface area contributed by atoms with Gasteiger partial charge in [0.25, 0.3) is 10.0 Å². The maximum atomic E-state index is 14.5. The quantitative estimate of drug-likeness (QED) is 0.229. The van der Waals surface area contributed by atoms with Crippen LogP contribution in [0.15, 0.2) is 27.3 Å². The average molecular weight is 764 g/mol. The molecule has 0 bridgehead atoms. The number of carbonyl (C=O) groups excluding carboxylic acids is 1. The number of allylic oxidation sites excluding steroid dienone is 2. The van der Waals surface area contributed by atoms with Gasteiger partial charge in [0.2, 0.25) is 5.91 Å². The molecule has 0 spiro atoms. The Morgan fingerprint density at radius 2 is 1.70 bits per heavy atom. The second kappa shape index (κ2) is 12.8. The molecule has 0 radical (unpaired) electrons. The molecule has 11 heteroatoms. The van der Waals surface area contributed by atoms with E-state index in [9.17, 15) is 13.2 Å². The fourth-order valence-electron chi connectivity index (χ4n) is 13.6. The Morgan fingerprint density at radius 1 is 0.981 bits per heavy atom. The zero-order chi connectivity index (χ0) is 38.7. The van der Waals surface area contributed by atoms with Gasteiger partial charge >= 0.3 is 0 Å². The summed E-state index contributed by atoms with van der Waals surface area (Å²) < 4.78 is 39.9. The Hall–Kier alpha value is -2.50. The first-order valence-corrected chi connectivity index (χ1v) is 22.3. The molecule has 8 rings (SSSR count). The number of nitrogens with zero attached hydrogens (tertiary/aromatic N) is 4. The van der Waals surface area contributed by atoms with E-state index in [2.05, 4.69) is 69.9 Å². The summed E-state index contributed by atoms with van der Waals surface area (Å²) in [5, 5.41) is 12.3. The van der Waals surface area contributed by atoms with E-state index >= 15 is 0 Å². The highest BCUT2D eigenvalue weighted by Gasteiger charge is 2.69. The van der Waals surface area contributed by atoms with Crippen molar-refractivity contribution in [2.75, 3.05) is 39.4 Å². The highest BCUT2D eigenvalue weighted by atomic mass is 32.2. The van der Waals surface area contributed by atoms with E-state index in [-0.39, 0.29) is 49.1 Å². The summed E-state index contributed by atoms with van der Waals surface area (Å²) >= 11 is 0. The third-order valence-electron chi connectivity index (χ3n) is 16.7. The van der Waals surface area contributed by atoms with Gasteiger partial charge < -0.3 is 14.6 Å². The van der Waals surface area contributed by atoms with Crippen LogP contribution in [0.3, 0.4) is 0 Å². The molecule has 54 heavy (non-hydrogen) atoms. The van der Waals surface area contributed by atoms with Crippen molar-refractivity contribution < 1.29 is 22.5 Å². The molecular weight excluding hydrogens is 699 g/mol. The lowest BCUT2D eigenvalue weighted by Crippen LogP contribution is -2.65. The molecule has 0 unspecified atom stereocenters. The van der Waals surface area contributed by atoms with Crippen molar-refractivity contribution in [3.63, 3.8) is 0 Å². The number of carbonyl (C=O) groups is 1. The first-order valence-electron chi connectivity index (χ1n) is 20.9. The Balaban J connectivity index is 1.10. The molecule has 2 aromatic rings. The summed E-state index contributed by atoms with van der Waals surface area (Å²) in [6.07, 6.45) is 14.5. The Kier molecular flexibility index (Phi) is 9.06. The van der Waals surface area contributed by atoms with Crippen LogP contribution in [0.25, 0.3) is 0 Å². The van der Waals surface area contributed by atoms with Crippen molar-refractivity contribution in [2.24, 2.45) is 44.8 Å². The van der Waals surface area contributed by atoms with Crippen LogP contribution in [0.1, 0.15) is 129 Å². The molecule has 4 fully saturated rings. The summed E-state index contributed by atoms with van der Waals surface area (Å²) in [5.41, 5.74) is 3.42. The third-order valence-corrected chi connectivity index (χ3v) is 18.5. The fraction of sp³-hybridized carbons (Fsp3) is 0.791. The van der Waals surface area contributed by atoms with Crippen molar-refractivity contribution >= 4 is 15.9 Å². The van der Waals surface area contributed by atoms with Crippen LogP contribution in [0.4, 0.5) is 0 Å². The van der Waals surface area contributed by atoms with Crippen LogP contribution in [-0.4, -0.2) is 73.0 Å². The zero-order valence-electron chi connectivity index (χ0n) is 34.4. The molecule has 10 nitrogen and oxygen atoms in total. The molecule has 1 N–H and O–H groups in total. The molecular formula is C43H65N5O5S. The molecule has 1 saturated heterocycles. The van der Waals surface area contributed by atoms with Gasteiger partial charge in [0.15, 0.2) is 10.7 Å². The molecule has 7 atom stereocenters. The number of fused-ring (bicyclic) bond motifs is 8. The molecule has 3 saturated carbocycles. The second-order valence-corrected chi connectivity index (χ2v) is 22.1. The summed E-state index contributed by atoms with van der Waals surface area (Å²) in [5.74, 6) is 1.61. The van der Waals surface area contributed by atoms with Crippen molar-refractivity contribution in [3.05, 3.63) is 40.6 Å². The van der Waals surface area contributed by atoms with Crippen molar-refractivity contribution in [3.8, 4) is 0 Å². The minimum Gasteiger partial charge on any atom is -0.379 e. The maximum absolute atomic E-state index is 14.5. The Bertz CT molecular complexity index is 1940. The molecule has 1 amide bonds. The normalized spacial score (nSPS) is 37.2. The lowest BCUT2D eigenvalue weighted by atomic mass is 9.33. The molecule has 2 aromatic heterocycles. The lowest BCUT2D eigenvalue weighted by molar-refractivity contribution is -0.167. The molecule has 0 aromatic carbocycles. The fourth-order valence-corrected chi connectivity index (χ4v) is 15.1. The lowest BCUT2D eigenvalue weighted by Gasteiger charge is -2.70. The van der Waals surface area contributed by atoms with Gasteiger partial charge in [-0.3, -0.25) is 9.69 Å². The highest BCUT2D eigenvalue weighted by molar-refractivity contribution is 7.90. The Morgan fingerprint density at radius 3 is 2.41 bits per heavy atom. The smallest absolute Gasteiger partial charge is 0.288 e. The van der Waals surface area contributed by atoms with Gasteiger partial charge in [-0.05, 0) is 130 Å². The van der Waals surface area contributed by atoms with E-state index in [1.807, 2.05) is 0 Å². The van der Waals surface area contributed by atoms with Gasteiger partial charge in [0.05, 0.1) is 24.3 Å². The van der Waals surface area contributed by atoms with E-state index < -0.39 is 10.0 Å². The van der Waals surface area contributed by atoms with Gasteiger partial charge in [-0.1, -0.05) is 65.3 Å². The van der Waals surface area contributed by atoms with Crippen LogP contribution < -0.4 is 5.32 Å². The second-order valence-electron chi connectivity index (χ2n) is 20.4. The number of morpholine rings is 1. The molecule has 5 aliphatic carbocycles. The third kappa shape index (κ3) is 5.50. The van der Waals surface area contributed by atoms with Crippen LogP contribution in [-0.2, 0) is 31.4 Å². The number of hydrogen-bond acceptors (Lipinski definition) is 8. The summed E-state index contributed by atoms with van der Waals surface area (Å²) in [6.45, 7) is 25.7. The van der Waals surface area contributed by atoms with E-state index in [4.69, 9.17) is 14.4 Å². The number of rotatable bonds is 7. The number of ether oxygens (including phenoxy) is 1. The summed E-state index contributed by atoms with van der Waals surface area (Å²) in [7, 11) is -3.96. The van der Waals surface area contributed by atoms with Gasteiger partial charge in [-0.15, -0.1) is 0 Å². The van der Waals surface area contributed by atoms with E-state index in [0.717, 1.165) is 115 Å². The van der Waals surface area contributed by atoms with Crippen LogP contribution in [0.2, 0.25) is 0 Å². The van der Waals surface area contributed by atoms with E-state index in [1.165, 1.54) is 4.09 Å². The maximum Gasteiger partial charge on any atom is 0.288 e. The Labute approximate surface area is 323 Å². The predicted molar refractivity (Wildman–Crippen MR) is 208 cm³/mol. The number of aromatic nitrogens is 3. The number of hydrogen-bond donors (Lipinski definition) is 1. The van der Waals surface area contributed by atoms with Crippen LogP contribution >= 0.6 is 0 Å².